The summed E-state index contributed by atoms with van der Waals surface area (Å²) < 4.78 is 10.8. The molecule has 0 aliphatic rings. The quantitative estimate of drug-likeness (QED) is 0.318. The molecule has 2 aromatic carbocycles. The van der Waals surface area contributed by atoms with E-state index in [4.69, 9.17) is 9.47 Å². The Bertz CT molecular complexity index is 1200. The first-order valence-electron chi connectivity index (χ1n) is 8.91. The number of hydrazone groups is 1. The van der Waals surface area contributed by atoms with Gasteiger partial charge in [0.1, 0.15) is 0 Å². The highest BCUT2D eigenvalue weighted by molar-refractivity contribution is 5.94. The first-order chi connectivity index (χ1) is 15.4. The van der Waals surface area contributed by atoms with Gasteiger partial charge in [0.15, 0.2) is 11.5 Å². The minimum Gasteiger partial charge on any atom is -0.493 e. The second kappa shape index (κ2) is 9.75. The summed E-state index contributed by atoms with van der Waals surface area (Å²) in [7, 11) is 1.37. The van der Waals surface area contributed by atoms with Gasteiger partial charge in [-0.1, -0.05) is 0 Å². The number of nitrogens with zero attached hydrogens (tertiary/aromatic N) is 4. The molecule has 0 fully saturated rings. The third-order valence-corrected chi connectivity index (χ3v) is 4.08. The fraction of sp³-hybridized carbons (Fsp3) is 0.0500. The van der Waals surface area contributed by atoms with E-state index in [2.05, 4.69) is 15.5 Å². The van der Waals surface area contributed by atoms with Crippen LogP contribution in [0.1, 0.15) is 15.9 Å². The summed E-state index contributed by atoms with van der Waals surface area (Å²) in [5.74, 6) is -0.240. The SMILES string of the molecule is COc1cc(C=NNC(=O)c2ccncc2)ccc1Oc1ccc([N+](=O)[O-])cc1[N+](=O)[O-]. The second-order valence-corrected chi connectivity index (χ2v) is 6.11. The van der Waals surface area contributed by atoms with Crippen molar-refractivity contribution in [3.8, 4) is 17.2 Å². The lowest BCUT2D eigenvalue weighted by Gasteiger charge is -2.11. The fourth-order valence-electron chi connectivity index (χ4n) is 2.55. The lowest BCUT2D eigenvalue weighted by molar-refractivity contribution is -0.394. The molecule has 0 radical (unpaired) electrons. The number of nitro benzene ring substituents is 2. The molecule has 162 valence electrons. The van der Waals surface area contributed by atoms with Crippen LogP contribution < -0.4 is 14.9 Å². The molecule has 1 N–H and O–H groups in total. The Morgan fingerprint density at radius 1 is 1.00 bits per heavy atom. The number of rotatable bonds is 8. The van der Waals surface area contributed by atoms with Crippen molar-refractivity contribution >= 4 is 23.5 Å². The highest BCUT2D eigenvalue weighted by Gasteiger charge is 2.22. The molecule has 0 saturated carbocycles. The van der Waals surface area contributed by atoms with Gasteiger partial charge < -0.3 is 9.47 Å². The van der Waals surface area contributed by atoms with E-state index in [-0.39, 0.29) is 17.2 Å². The maximum atomic E-state index is 12.0. The predicted octanol–water partition coefficient (Wildman–Crippen LogP) is 3.46. The fourth-order valence-corrected chi connectivity index (χ4v) is 2.55. The van der Waals surface area contributed by atoms with E-state index in [0.29, 0.717) is 11.1 Å². The van der Waals surface area contributed by atoms with Crippen LogP contribution in [0.5, 0.6) is 17.2 Å². The van der Waals surface area contributed by atoms with Gasteiger partial charge in [-0.15, -0.1) is 0 Å². The van der Waals surface area contributed by atoms with Crippen molar-refractivity contribution in [2.24, 2.45) is 5.10 Å². The number of ether oxygens (including phenoxy) is 2. The van der Waals surface area contributed by atoms with Crippen LogP contribution >= 0.6 is 0 Å². The van der Waals surface area contributed by atoms with E-state index in [9.17, 15) is 25.0 Å². The Labute approximate surface area is 180 Å². The van der Waals surface area contributed by atoms with Crippen molar-refractivity contribution in [1.82, 2.24) is 10.4 Å². The van der Waals surface area contributed by atoms with Gasteiger partial charge in [0, 0.05) is 24.0 Å². The van der Waals surface area contributed by atoms with Gasteiger partial charge in [-0.05, 0) is 42.0 Å². The highest BCUT2D eigenvalue weighted by atomic mass is 16.6. The van der Waals surface area contributed by atoms with Crippen molar-refractivity contribution in [3.63, 3.8) is 0 Å². The third-order valence-electron chi connectivity index (χ3n) is 4.08. The summed E-state index contributed by atoms with van der Waals surface area (Å²) in [6.07, 6.45) is 4.34. The van der Waals surface area contributed by atoms with Crippen LogP contribution in [0.3, 0.4) is 0 Å². The van der Waals surface area contributed by atoms with Crippen LogP contribution in [0.25, 0.3) is 0 Å². The van der Waals surface area contributed by atoms with Crippen LogP contribution in [0.15, 0.2) is 66.0 Å². The molecule has 12 nitrogen and oxygen atoms in total. The van der Waals surface area contributed by atoms with E-state index >= 15 is 0 Å². The number of benzene rings is 2. The molecule has 1 aromatic heterocycles. The van der Waals surface area contributed by atoms with Crippen LogP contribution in [-0.2, 0) is 0 Å². The highest BCUT2D eigenvalue weighted by Crippen LogP contribution is 2.38. The first kappa shape index (κ1) is 21.8. The monoisotopic (exact) mass is 437 g/mol. The lowest BCUT2D eigenvalue weighted by atomic mass is 10.2. The molecule has 12 heteroatoms. The summed E-state index contributed by atoms with van der Waals surface area (Å²) in [6, 6.07) is 10.7. The minimum absolute atomic E-state index is 0.141. The average molecular weight is 437 g/mol. The maximum Gasteiger partial charge on any atom is 0.318 e. The molecule has 1 heterocycles. The largest absolute Gasteiger partial charge is 0.493 e. The Hall–Kier alpha value is -4.87. The summed E-state index contributed by atoms with van der Waals surface area (Å²) in [5, 5.41) is 26.0. The molecule has 0 bridgehead atoms. The molecule has 1 amide bonds. The summed E-state index contributed by atoms with van der Waals surface area (Å²) >= 11 is 0. The summed E-state index contributed by atoms with van der Waals surface area (Å²) in [5.41, 5.74) is 2.31. The van der Waals surface area contributed by atoms with Gasteiger partial charge >= 0.3 is 5.69 Å². The zero-order valence-corrected chi connectivity index (χ0v) is 16.5. The van der Waals surface area contributed by atoms with Gasteiger partial charge in [-0.25, -0.2) is 5.43 Å². The van der Waals surface area contributed by atoms with E-state index in [1.807, 2.05) is 0 Å². The number of amides is 1. The number of non-ortho nitro benzene ring substituents is 1. The molecule has 0 atom stereocenters. The van der Waals surface area contributed by atoms with Crippen molar-refractivity contribution in [2.75, 3.05) is 7.11 Å². The van der Waals surface area contributed by atoms with Gasteiger partial charge in [-0.2, -0.15) is 5.10 Å². The number of nitrogens with one attached hydrogen (secondary N) is 1. The molecule has 0 aliphatic heterocycles. The van der Waals surface area contributed by atoms with E-state index in [0.717, 1.165) is 18.2 Å². The number of pyridine rings is 1. The molecule has 3 rings (SSSR count). The molecule has 0 spiro atoms. The molecule has 3 aromatic rings. The molecular formula is C20H15N5O7. The van der Waals surface area contributed by atoms with Crippen LogP contribution in [-0.4, -0.2) is 34.1 Å². The standard InChI is InChI=1S/C20H15N5O7/c1-31-19-10-13(12-22-23-20(26)14-6-8-21-9-7-14)2-4-18(19)32-17-5-3-15(24(27)28)11-16(17)25(29)30/h2-12H,1H3,(H,23,26). The topological polar surface area (TPSA) is 159 Å². The predicted molar refractivity (Wildman–Crippen MR) is 112 cm³/mol. The van der Waals surface area contributed by atoms with E-state index < -0.39 is 27.1 Å². The maximum absolute atomic E-state index is 12.0. The van der Waals surface area contributed by atoms with Crippen molar-refractivity contribution in [2.45, 2.75) is 0 Å². The number of carbonyl (C=O) groups is 1. The number of methoxy groups -OCH3 is 1. The number of carbonyl (C=O) groups excluding carboxylic acids is 1. The van der Waals surface area contributed by atoms with Gasteiger partial charge in [0.05, 0.1) is 29.2 Å². The Morgan fingerprint density at radius 3 is 2.38 bits per heavy atom. The summed E-state index contributed by atoms with van der Waals surface area (Å²) in [6.45, 7) is 0. The average Bonchev–Trinajstić information content (AvgIpc) is 2.80. The van der Waals surface area contributed by atoms with Gasteiger partial charge in [-0.3, -0.25) is 30.0 Å². The van der Waals surface area contributed by atoms with Gasteiger partial charge in [0.25, 0.3) is 11.6 Å². The van der Waals surface area contributed by atoms with E-state index in [1.165, 1.54) is 50.0 Å². The zero-order valence-electron chi connectivity index (χ0n) is 16.5. The minimum atomic E-state index is -0.776. The normalized spacial score (nSPS) is 10.5. The van der Waals surface area contributed by atoms with Crippen molar-refractivity contribution < 1.29 is 24.1 Å². The van der Waals surface area contributed by atoms with Crippen LogP contribution in [0.4, 0.5) is 11.4 Å². The Morgan fingerprint density at radius 2 is 1.72 bits per heavy atom. The zero-order chi connectivity index (χ0) is 23.1. The molecule has 32 heavy (non-hydrogen) atoms. The number of hydrogen-bond acceptors (Lipinski definition) is 9. The van der Waals surface area contributed by atoms with E-state index in [1.54, 1.807) is 6.07 Å². The van der Waals surface area contributed by atoms with Crippen molar-refractivity contribution in [3.05, 3.63) is 92.3 Å². The van der Waals surface area contributed by atoms with Crippen molar-refractivity contribution in [1.29, 1.82) is 0 Å². The molecule has 0 saturated heterocycles. The first-order valence-corrected chi connectivity index (χ1v) is 8.91. The molecular weight excluding hydrogens is 422 g/mol. The lowest BCUT2D eigenvalue weighted by Crippen LogP contribution is -2.17. The van der Waals surface area contributed by atoms with Crippen LogP contribution in [0, 0.1) is 20.2 Å². The number of nitro groups is 2. The molecule has 0 unspecified atom stereocenters. The molecule has 0 aliphatic carbocycles. The summed E-state index contributed by atoms with van der Waals surface area (Å²) in [4.78, 5) is 36.4. The second-order valence-electron chi connectivity index (χ2n) is 6.11. The van der Waals surface area contributed by atoms with Gasteiger partial charge in [0.2, 0.25) is 5.75 Å². The smallest absolute Gasteiger partial charge is 0.318 e. The third kappa shape index (κ3) is 5.18. The Kier molecular flexibility index (Phi) is 6.65. The number of hydrogen-bond donors (Lipinski definition) is 1. The van der Waals surface area contributed by atoms with Crippen LogP contribution in [0.2, 0.25) is 0 Å². The number of aromatic nitrogens is 1. The Balaban J connectivity index is 1.78.